The number of carboxylic acids is 1. The SMILES string of the molecule is O=C(ON(C1CC(CCc2ccc3c(n2)NCCC3)C1)[C@@H](CCO)C(=O)O)c1cccc(F)c1F. The first-order valence-electron chi connectivity index (χ1n) is 11.9. The summed E-state index contributed by atoms with van der Waals surface area (Å²) in [6, 6.07) is 5.54. The molecule has 0 amide bonds. The van der Waals surface area contributed by atoms with Crippen molar-refractivity contribution in [1.82, 2.24) is 10.0 Å². The monoisotopic (exact) mass is 489 g/mol. The molecule has 10 heteroatoms. The van der Waals surface area contributed by atoms with Crippen LogP contribution in [0.4, 0.5) is 14.6 Å². The predicted molar refractivity (Wildman–Crippen MR) is 123 cm³/mol. The number of aliphatic hydroxyl groups is 1. The molecule has 1 fully saturated rings. The molecule has 0 bridgehead atoms. The number of hydrogen-bond donors (Lipinski definition) is 3. The summed E-state index contributed by atoms with van der Waals surface area (Å²) in [6.07, 6.45) is 4.67. The number of aromatic nitrogens is 1. The lowest BCUT2D eigenvalue weighted by Gasteiger charge is -2.43. The maximum absolute atomic E-state index is 14.1. The molecule has 1 aromatic heterocycles. The topological polar surface area (TPSA) is 112 Å². The Hall–Kier alpha value is -3.11. The number of hydroxylamine groups is 2. The van der Waals surface area contributed by atoms with Crippen LogP contribution < -0.4 is 5.32 Å². The van der Waals surface area contributed by atoms with E-state index < -0.39 is 47.8 Å². The number of aliphatic carboxylic acids is 1. The summed E-state index contributed by atoms with van der Waals surface area (Å²) >= 11 is 0. The molecule has 2 heterocycles. The van der Waals surface area contributed by atoms with Gasteiger partial charge in [0.1, 0.15) is 17.4 Å². The van der Waals surface area contributed by atoms with E-state index in [0.717, 1.165) is 60.9 Å². The number of pyridine rings is 1. The Morgan fingerprint density at radius 1 is 1.23 bits per heavy atom. The maximum Gasteiger partial charge on any atom is 0.360 e. The second-order valence-corrected chi connectivity index (χ2v) is 9.08. The first-order chi connectivity index (χ1) is 16.9. The van der Waals surface area contributed by atoms with Gasteiger partial charge in [-0.05, 0) is 74.6 Å². The molecule has 0 radical (unpaired) electrons. The molecule has 1 saturated carbocycles. The van der Waals surface area contributed by atoms with E-state index in [4.69, 9.17) is 9.82 Å². The molecule has 3 N–H and O–H groups in total. The van der Waals surface area contributed by atoms with Crippen LogP contribution in [0.15, 0.2) is 30.3 Å². The van der Waals surface area contributed by atoms with Gasteiger partial charge in [-0.25, -0.2) is 18.6 Å². The Kier molecular flexibility index (Phi) is 7.92. The molecule has 188 valence electrons. The zero-order chi connectivity index (χ0) is 24.9. The maximum atomic E-state index is 14.1. The molecule has 0 unspecified atom stereocenters. The van der Waals surface area contributed by atoms with Gasteiger partial charge < -0.3 is 20.4 Å². The lowest BCUT2D eigenvalue weighted by atomic mass is 9.76. The molecule has 4 rings (SSSR count). The molecule has 1 aliphatic carbocycles. The third kappa shape index (κ3) is 5.76. The fourth-order valence-corrected chi connectivity index (χ4v) is 4.68. The van der Waals surface area contributed by atoms with E-state index in [0.29, 0.717) is 12.8 Å². The number of aryl methyl sites for hydroxylation is 2. The smallest absolute Gasteiger partial charge is 0.360 e. The number of carbonyl (C=O) groups is 2. The van der Waals surface area contributed by atoms with Crippen molar-refractivity contribution in [3.05, 3.63) is 58.8 Å². The van der Waals surface area contributed by atoms with Gasteiger partial charge in [0, 0.05) is 24.9 Å². The second-order valence-electron chi connectivity index (χ2n) is 9.08. The zero-order valence-corrected chi connectivity index (χ0v) is 19.3. The van der Waals surface area contributed by atoms with Crippen LogP contribution in [-0.4, -0.2) is 57.4 Å². The summed E-state index contributed by atoms with van der Waals surface area (Å²) in [7, 11) is 0. The van der Waals surface area contributed by atoms with Gasteiger partial charge in [0.2, 0.25) is 0 Å². The van der Waals surface area contributed by atoms with Gasteiger partial charge in [-0.3, -0.25) is 4.79 Å². The van der Waals surface area contributed by atoms with Gasteiger partial charge in [0.15, 0.2) is 11.6 Å². The Labute approximate surface area is 201 Å². The van der Waals surface area contributed by atoms with Gasteiger partial charge >= 0.3 is 11.9 Å². The summed E-state index contributed by atoms with van der Waals surface area (Å²) in [5.41, 5.74) is 1.58. The number of carbonyl (C=O) groups excluding carboxylic acids is 1. The number of aliphatic hydroxyl groups excluding tert-OH is 1. The summed E-state index contributed by atoms with van der Waals surface area (Å²) in [5, 5.41) is 23.3. The van der Waals surface area contributed by atoms with Crippen LogP contribution in [0.1, 0.15) is 53.7 Å². The number of rotatable bonds is 10. The normalized spacial score (nSPS) is 19.9. The standard InChI is InChI=1S/C25H29F2N3O5/c26-20-5-1-4-19(22(20)27)25(34)35-30(21(10-12-31)24(32)33)18-13-15(14-18)6-8-17-9-7-16-3-2-11-28-23(16)29-17/h1,4-5,7,9,15,18,21,31H,2-3,6,8,10-14H2,(H,28,29)(H,32,33)/t15?,18?,21-/m0/s1. The molecule has 35 heavy (non-hydrogen) atoms. The average Bonchev–Trinajstić information content (AvgIpc) is 2.82. The molecule has 2 aromatic rings. The van der Waals surface area contributed by atoms with E-state index in [1.54, 1.807) is 0 Å². The molecule has 0 saturated heterocycles. The first kappa shape index (κ1) is 25.0. The molecular weight excluding hydrogens is 460 g/mol. The van der Waals surface area contributed by atoms with Crippen molar-refractivity contribution in [2.75, 3.05) is 18.5 Å². The minimum Gasteiger partial charge on any atom is -0.480 e. The second kappa shape index (κ2) is 11.1. The Bertz CT molecular complexity index is 1080. The van der Waals surface area contributed by atoms with E-state index in [-0.39, 0.29) is 12.3 Å². The summed E-state index contributed by atoms with van der Waals surface area (Å²) in [6.45, 7) is 0.480. The number of nitrogens with one attached hydrogen (secondary N) is 1. The average molecular weight is 490 g/mol. The lowest BCUT2D eigenvalue weighted by Crippen LogP contribution is -2.53. The van der Waals surface area contributed by atoms with Crippen LogP contribution in [0, 0.1) is 17.6 Å². The molecule has 2 aliphatic rings. The van der Waals surface area contributed by atoms with Gasteiger partial charge in [-0.2, -0.15) is 0 Å². The van der Waals surface area contributed by atoms with Gasteiger partial charge in [0.05, 0.1) is 0 Å². The Morgan fingerprint density at radius 3 is 2.77 bits per heavy atom. The summed E-state index contributed by atoms with van der Waals surface area (Å²) < 4.78 is 27.6. The zero-order valence-electron chi connectivity index (χ0n) is 19.3. The van der Waals surface area contributed by atoms with Crippen LogP contribution in [0.25, 0.3) is 0 Å². The Balaban J connectivity index is 1.39. The minimum atomic E-state index is -1.36. The molecule has 0 spiro atoms. The van der Waals surface area contributed by atoms with E-state index >= 15 is 0 Å². The van der Waals surface area contributed by atoms with Crippen LogP contribution in [0.5, 0.6) is 0 Å². The first-order valence-corrected chi connectivity index (χ1v) is 11.9. The van der Waals surface area contributed by atoms with E-state index in [1.165, 1.54) is 11.6 Å². The van der Waals surface area contributed by atoms with E-state index in [9.17, 15) is 28.6 Å². The van der Waals surface area contributed by atoms with Gasteiger partial charge in [0.25, 0.3) is 0 Å². The summed E-state index contributed by atoms with van der Waals surface area (Å²) in [5.74, 6) is -3.81. The number of fused-ring (bicyclic) bond motifs is 1. The third-order valence-corrected chi connectivity index (χ3v) is 6.69. The van der Waals surface area contributed by atoms with Gasteiger partial charge in [-0.1, -0.05) is 12.1 Å². The van der Waals surface area contributed by atoms with Crippen LogP contribution in [0.3, 0.4) is 0 Å². The fraction of sp³-hybridized carbons (Fsp3) is 0.480. The largest absolute Gasteiger partial charge is 0.480 e. The molecule has 8 nitrogen and oxygen atoms in total. The van der Waals surface area contributed by atoms with E-state index in [2.05, 4.69) is 11.4 Å². The minimum absolute atomic E-state index is 0.179. The molecular formula is C25H29F2N3O5. The van der Waals surface area contributed by atoms with Crippen molar-refractivity contribution in [1.29, 1.82) is 0 Å². The highest BCUT2D eigenvalue weighted by Crippen LogP contribution is 2.37. The van der Waals surface area contributed by atoms with Crippen molar-refractivity contribution in [3.8, 4) is 0 Å². The number of anilines is 1. The number of halogens is 2. The van der Waals surface area contributed by atoms with Crippen molar-refractivity contribution in [2.24, 2.45) is 5.92 Å². The molecule has 1 atom stereocenters. The highest BCUT2D eigenvalue weighted by Gasteiger charge is 2.42. The fourth-order valence-electron chi connectivity index (χ4n) is 4.68. The Morgan fingerprint density at radius 2 is 2.03 bits per heavy atom. The van der Waals surface area contributed by atoms with Crippen molar-refractivity contribution in [2.45, 2.75) is 57.0 Å². The number of carboxylic acid groups (broad SMARTS) is 1. The van der Waals surface area contributed by atoms with Crippen LogP contribution in [-0.2, 0) is 22.5 Å². The number of benzene rings is 1. The van der Waals surface area contributed by atoms with Gasteiger partial charge in [-0.15, -0.1) is 5.06 Å². The van der Waals surface area contributed by atoms with E-state index in [1.807, 2.05) is 6.07 Å². The van der Waals surface area contributed by atoms with Crippen molar-refractivity contribution >= 4 is 17.8 Å². The number of nitrogens with zero attached hydrogens (tertiary/aromatic N) is 2. The van der Waals surface area contributed by atoms with Crippen LogP contribution in [0.2, 0.25) is 0 Å². The lowest BCUT2D eigenvalue weighted by molar-refractivity contribution is -0.204. The van der Waals surface area contributed by atoms with Crippen molar-refractivity contribution < 1.29 is 33.4 Å². The quantitative estimate of drug-likeness (QED) is 0.436. The predicted octanol–water partition coefficient (Wildman–Crippen LogP) is 3.34. The third-order valence-electron chi connectivity index (χ3n) is 6.69. The highest BCUT2D eigenvalue weighted by atomic mass is 19.2. The number of hydrogen-bond acceptors (Lipinski definition) is 7. The van der Waals surface area contributed by atoms with Crippen LogP contribution >= 0.6 is 0 Å². The summed E-state index contributed by atoms with van der Waals surface area (Å²) in [4.78, 5) is 34.4. The van der Waals surface area contributed by atoms with Crippen molar-refractivity contribution in [3.63, 3.8) is 0 Å². The molecule has 1 aliphatic heterocycles. The molecule has 1 aromatic carbocycles. The highest BCUT2D eigenvalue weighted by molar-refractivity contribution is 5.89.